The monoisotopic (exact) mass is 366 g/mol. The molecule has 5 heteroatoms. The molecule has 0 spiro atoms. The number of carbonyl (C=O) groups is 1. The van der Waals surface area contributed by atoms with Crippen molar-refractivity contribution >= 4 is 33.7 Å². The van der Waals surface area contributed by atoms with E-state index in [9.17, 15) is 4.79 Å². The van der Waals surface area contributed by atoms with Gasteiger partial charge in [-0.15, -0.1) is 11.8 Å². The summed E-state index contributed by atoms with van der Waals surface area (Å²) in [5.74, 6) is 0.760. The molecule has 0 fully saturated rings. The Labute approximate surface area is 136 Å². The normalized spacial score (nSPS) is 10.3. The molecule has 2 aromatic rings. The Morgan fingerprint density at radius 3 is 2.38 bits per heavy atom. The lowest BCUT2D eigenvalue weighted by Gasteiger charge is -2.06. The third-order valence-electron chi connectivity index (χ3n) is 2.74. The fraction of sp³-hybridized carbons (Fsp3) is 0.188. The Balaban J connectivity index is 1.67. The van der Waals surface area contributed by atoms with Gasteiger partial charge in [0.1, 0.15) is 5.75 Å². The van der Waals surface area contributed by atoms with Crippen LogP contribution in [0.15, 0.2) is 57.9 Å². The fourth-order valence-corrected chi connectivity index (χ4v) is 2.75. The second-order valence-electron chi connectivity index (χ2n) is 4.33. The number of hydrogen-bond acceptors (Lipinski definition) is 3. The molecule has 0 radical (unpaired) electrons. The molecule has 1 N–H and O–H groups in total. The predicted molar refractivity (Wildman–Crippen MR) is 88.4 cm³/mol. The summed E-state index contributed by atoms with van der Waals surface area (Å²) in [4.78, 5) is 12.0. The number of ether oxygens (including phenoxy) is 1. The molecule has 0 aliphatic heterocycles. The van der Waals surface area contributed by atoms with Gasteiger partial charge in [0.2, 0.25) is 0 Å². The van der Waals surface area contributed by atoms with Crippen LogP contribution in [0.4, 0.5) is 0 Å². The first-order valence-corrected chi connectivity index (χ1v) is 8.27. The van der Waals surface area contributed by atoms with Crippen LogP contribution in [-0.4, -0.2) is 23.4 Å². The minimum absolute atomic E-state index is 0.271. The minimum Gasteiger partial charge on any atom is -0.494 e. The molecule has 3 nitrogen and oxygen atoms in total. The zero-order valence-corrected chi connectivity index (χ0v) is 13.7. The van der Waals surface area contributed by atoms with Gasteiger partial charge in [-0.3, -0.25) is 0 Å². The lowest BCUT2D eigenvalue weighted by atomic mass is 10.2. The molecule has 0 saturated carbocycles. The Hall–Kier alpha value is -1.46. The van der Waals surface area contributed by atoms with E-state index in [1.54, 1.807) is 36.0 Å². The largest absolute Gasteiger partial charge is 0.494 e. The van der Waals surface area contributed by atoms with E-state index in [1.807, 2.05) is 12.1 Å². The summed E-state index contributed by atoms with van der Waals surface area (Å²) in [7, 11) is 0. The SMILES string of the molecule is O=C(O)c1ccc(OCCCSc2ccc(Br)cc2)cc1. The topological polar surface area (TPSA) is 46.5 Å². The maximum absolute atomic E-state index is 10.7. The third kappa shape index (κ3) is 5.44. The van der Waals surface area contributed by atoms with Crippen molar-refractivity contribution in [3.63, 3.8) is 0 Å². The van der Waals surface area contributed by atoms with Crippen molar-refractivity contribution in [3.8, 4) is 5.75 Å². The number of halogens is 1. The molecule has 0 heterocycles. The van der Waals surface area contributed by atoms with Crippen LogP contribution in [0.5, 0.6) is 5.75 Å². The molecule has 21 heavy (non-hydrogen) atoms. The molecule has 0 atom stereocenters. The predicted octanol–water partition coefficient (Wildman–Crippen LogP) is 4.71. The highest BCUT2D eigenvalue weighted by Crippen LogP contribution is 2.21. The van der Waals surface area contributed by atoms with Gasteiger partial charge in [0.05, 0.1) is 12.2 Å². The quantitative estimate of drug-likeness (QED) is 0.569. The van der Waals surface area contributed by atoms with Crippen molar-refractivity contribution in [3.05, 3.63) is 58.6 Å². The van der Waals surface area contributed by atoms with Gasteiger partial charge in [0.15, 0.2) is 0 Å². The summed E-state index contributed by atoms with van der Waals surface area (Å²) < 4.78 is 6.67. The van der Waals surface area contributed by atoms with Gasteiger partial charge in [-0.1, -0.05) is 15.9 Å². The van der Waals surface area contributed by atoms with Crippen LogP contribution >= 0.6 is 27.7 Å². The van der Waals surface area contributed by atoms with Gasteiger partial charge in [-0.2, -0.15) is 0 Å². The third-order valence-corrected chi connectivity index (χ3v) is 4.37. The van der Waals surface area contributed by atoms with E-state index in [2.05, 4.69) is 28.1 Å². The van der Waals surface area contributed by atoms with Crippen LogP contribution in [0.2, 0.25) is 0 Å². The Bertz CT molecular complexity index is 581. The molecular weight excluding hydrogens is 352 g/mol. The average molecular weight is 367 g/mol. The fourth-order valence-electron chi connectivity index (χ4n) is 1.66. The second-order valence-corrected chi connectivity index (χ2v) is 6.42. The van der Waals surface area contributed by atoms with Crippen LogP contribution in [0.25, 0.3) is 0 Å². The molecule has 110 valence electrons. The van der Waals surface area contributed by atoms with Crippen molar-refractivity contribution < 1.29 is 14.6 Å². The van der Waals surface area contributed by atoms with E-state index in [0.717, 1.165) is 16.6 Å². The molecule has 2 aromatic carbocycles. The molecule has 2 rings (SSSR count). The zero-order valence-electron chi connectivity index (χ0n) is 11.3. The molecule has 0 aliphatic rings. The average Bonchev–Trinajstić information content (AvgIpc) is 2.49. The van der Waals surface area contributed by atoms with Crippen molar-refractivity contribution in [2.24, 2.45) is 0 Å². The van der Waals surface area contributed by atoms with Crippen molar-refractivity contribution in [2.45, 2.75) is 11.3 Å². The smallest absolute Gasteiger partial charge is 0.335 e. The van der Waals surface area contributed by atoms with E-state index >= 15 is 0 Å². The lowest BCUT2D eigenvalue weighted by molar-refractivity contribution is 0.0697. The summed E-state index contributed by atoms with van der Waals surface area (Å²) in [5.41, 5.74) is 0.271. The van der Waals surface area contributed by atoms with E-state index in [4.69, 9.17) is 9.84 Å². The number of benzene rings is 2. The highest BCUT2D eigenvalue weighted by atomic mass is 79.9. The first kappa shape index (κ1) is 15.9. The van der Waals surface area contributed by atoms with Gasteiger partial charge in [-0.25, -0.2) is 4.79 Å². The number of carboxylic acid groups (broad SMARTS) is 1. The Morgan fingerprint density at radius 1 is 1.10 bits per heavy atom. The second kappa shape index (κ2) is 8.10. The molecule has 0 bridgehead atoms. The van der Waals surface area contributed by atoms with E-state index in [1.165, 1.54) is 4.90 Å². The minimum atomic E-state index is -0.924. The van der Waals surface area contributed by atoms with Gasteiger partial charge in [0, 0.05) is 15.1 Å². The number of aromatic carboxylic acids is 1. The van der Waals surface area contributed by atoms with Crippen LogP contribution in [0, 0.1) is 0 Å². The summed E-state index contributed by atoms with van der Waals surface area (Å²) in [5, 5.41) is 8.80. The van der Waals surface area contributed by atoms with E-state index < -0.39 is 5.97 Å². The van der Waals surface area contributed by atoms with E-state index in [-0.39, 0.29) is 5.56 Å². The van der Waals surface area contributed by atoms with E-state index in [0.29, 0.717) is 12.4 Å². The van der Waals surface area contributed by atoms with Gasteiger partial charge in [-0.05, 0) is 55.0 Å². The summed E-state index contributed by atoms with van der Waals surface area (Å²) in [6.07, 6.45) is 0.932. The van der Waals surface area contributed by atoms with Crippen LogP contribution in [0.3, 0.4) is 0 Å². The van der Waals surface area contributed by atoms with Gasteiger partial charge in [0.25, 0.3) is 0 Å². The Kier molecular flexibility index (Phi) is 6.14. The van der Waals surface area contributed by atoms with Crippen molar-refractivity contribution in [1.29, 1.82) is 0 Å². The summed E-state index contributed by atoms with van der Waals surface area (Å²) >= 11 is 5.20. The first-order chi connectivity index (χ1) is 10.1. The molecular formula is C16H15BrO3S. The zero-order chi connectivity index (χ0) is 15.1. The molecule has 0 aromatic heterocycles. The first-order valence-electron chi connectivity index (χ1n) is 6.50. The number of rotatable bonds is 7. The lowest BCUT2D eigenvalue weighted by Crippen LogP contribution is -2.00. The van der Waals surface area contributed by atoms with Crippen LogP contribution in [-0.2, 0) is 0 Å². The van der Waals surface area contributed by atoms with Crippen molar-refractivity contribution in [2.75, 3.05) is 12.4 Å². The van der Waals surface area contributed by atoms with Crippen LogP contribution < -0.4 is 4.74 Å². The summed E-state index contributed by atoms with van der Waals surface area (Å²) in [6, 6.07) is 14.7. The van der Waals surface area contributed by atoms with Crippen LogP contribution in [0.1, 0.15) is 16.8 Å². The maximum atomic E-state index is 10.7. The molecule has 0 unspecified atom stereocenters. The van der Waals surface area contributed by atoms with Gasteiger partial charge >= 0.3 is 5.97 Å². The van der Waals surface area contributed by atoms with Crippen molar-refractivity contribution in [1.82, 2.24) is 0 Å². The number of carboxylic acids is 1. The number of hydrogen-bond donors (Lipinski definition) is 1. The molecule has 0 aliphatic carbocycles. The van der Waals surface area contributed by atoms with Gasteiger partial charge < -0.3 is 9.84 Å². The molecule has 0 saturated heterocycles. The summed E-state index contributed by atoms with van der Waals surface area (Å²) in [6.45, 7) is 0.621. The Morgan fingerprint density at radius 2 is 1.76 bits per heavy atom. The number of thioether (sulfide) groups is 1. The highest BCUT2D eigenvalue weighted by molar-refractivity contribution is 9.10. The standard InChI is InChI=1S/C16H15BrO3S/c17-13-4-8-15(9-5-13)21-11-1-10-20-14-6-2-12(3-7-14)16(18)19/h2-9H,1,10-11H2,(H,18,19). The maximum Gasteiger partial charge on any atom is 0.335 e. The molecule has 0 amide bonds. The highest BCUT2D eigenvalue weighted by Gasteiger charge is 2.02.